The molecule has 1 heterocycles. The summed E-state index contributed by atoms with van der Waals surface area (Å²) in [6, 6.07) is 3.72. The van der Waals surface area contributed by atoms with Gasteiger partial charge in [0.1, 0.15) is 5.82 Å². The van der Waals surface area contributed by atoms with Crippen molar-refractivity contribution in [2.45, 2.75) is 38.8 Å². The van der Waals surface area contributed by atoms with E-state index in [0.717, 1.165) is 5.56 Å². The summed E-state index contributed by atoms with van der Waals surface area (Å²) < 4.78 is 0. The monoisotopic (exact) mass is 223 g/mol. The molecule has 0 aromatic carbocycles. The molecule has 0 radical (unpaired) electrons. The van der Waals surface area contributed by atoms with Crippen LogP contribution in [0.1, 0.15) is 26.3 Å². The molecule has 90 valence electrons. The van der Waals surface area contributed by atoms with E-state index in [-0.39, 0.29) is 5.54 Å². The van der Waals surface area contributed by atoms with Crippen molar-refractivity contribution in [3.63, 3.8) is 0 Å². The number of nitrogens with two attached hydrogens (primary N) is 1. The fraction of sp³-hybridized carbons (Fsp3) is 0.583. The molecule has 1 aromatic rings. The van der Waals surface area contributed by atoms with Crippen molar-refractivity contribution in [2.24, 2.45) is 0 Å². The second-order valence-corrected chi connectivity index (χ2v) is 5.04. The van der Waals surface area contributed by atoms with Gasteiger partial charge in [-0.05, 0) is 32.4 Å². The molecule has 0 bridgehead atoms. The number of β-amino-alcohol motifs (C(OH)–C–C–N with tert-alkyl or cyclic N) is 1. The number of aromatic nitrogens is 1. The van der Waals surface area contributed by atoms with Gasteiger partial charge in [0.25, 0.3) is 0 Å². The number of aliphatic hydroxyl groups is 1. The van der Waals surface area contributed by atoms with Crippen LogP contribution in [0, 0.1) is 0 Å². The van der Waals surface area contributed by atoms with Crippen LogP contribution in [-0.2, 0) is 6.42 Å². The maximum Gasteiger partial charge on any atom is 0.126 e. The van der Waals surface area contributed by atoms with Gasteiger partial charge in [0, 0.05) is 24.7 Å². The first-order chi connectivity index (χ1) is 7.38. The lowest BCUT2D eigenvalue weighted by Crippen LogP contribution is -2.41. The summed E-state index contributed by atoms with van der Waals surface area (Å²) in [7, 11) is 0. The Morgan fingerprint density at radius 3 is 2.75 bits per heavy atom. The summed E-state index contributed by atoms with van der Waals surface area (Å²) >= 11 is 0. The van der Waals surface area contributed by atoms with Crippen LogP contribution in [0.3, 0.4) is 0 Å². The van der Waals surface area contributed by atoms with Crippen LogP contribution in [0.4, 0.5) is 5.82 Å². The van der Waals surface area contributed by atoms with E-state index in [2.05, 4.69) is 31.1 Å². The molecule has 1 unspecified atom stereocenters. The molecule has 1 rings (SSSR count). The molecule has 16 heavy (non-hydrogen) atoms. The average molecular weight is 223 g/mol. The highest BCUT2D eigenvalue weighted by molar-refractivity contribution is 5.38. The Morgan fingerprint density at radius 2 is 2.19 bits per heavy atom. The lowest BCUT2D eigenvalue weighted by molar-refractivity contribution is 0.161. The van der Waals surface area contributed by atoms with Gasteiger partial charge < -0.3 is 16.2 Å². The first kappa shape index (κ1) is 12.9. The summed E-state index contributed by atoms with van der Waals surface area (Å²) in [6.45, 7) is 6.76. The van der Waals surface area contributed by atoms with Crippen molar-refractivity contribution in [3.8, 4) is 0 Å². The summed E-state index contributed by atoms with van der Waals surface area (Å²) in [5, 5.41) is 13.1. The van der Waals surface area contributed by atoms with Gasteiger partial charge in [0.05, 0.1) is 6.10 Å². The number of hydrogen-bond donors (Lipinski definition) is 3. The van der Waals surface area contributed by atoms with Crippen LogP contribution in [0.5, 0.6) is 0 Å². The van der Waals surface area contributed by atoms with Crippen molar-refractivity contribution in [3.05, 3.63) is 23.9 Å². The van der Waals surface area contributed by atoms with E-state index in [4.69, 9.17) is 5.73 Å². The zero-order valence-corrected chi connectivity index (χ0v) is 10.2. The van der Waals surface area contributed by atoms with Gasteiger partial charge in [0.2, 0.25) is 0 Å². The molecule has 1 aromatic heterocycles. The van der Waals surface area contributed by atoms with Crippen molar-refractivity contribution in [2.75, 3.05) is 12.3 Å². The lowest BCUT2D eigenvalue weighted by atomic mass is 10.1. The number of pyridine rings is 1. The maximum absolute atomic E-state index is 9.84. The third-order valence-corrected chi connectivity index (χ3v) is 2.25. The smallest absolute Gasteiger partial charge is 0.126 e. The summed E-state index contributed by atoms with van der Waals surface area (Å²) in [6.07, 6.45) is 1.74. The third kappa shape index (κ3) is 4.59. The second-order valence-electron chi connectivity index (χ2n) is 5.04. The van der Waals surface area contributed by atoms with Crippen LogP contribution in [0.15, 0.2) is 18.3 Å². The lowest BCUT2D eigenvalue weighted by Gasteiger charge is -2.23. The number of aliphatic hydroxyl groups excluding tert-OH is 1. The number of nitrogens with one attached hydrogen (secondary N) is 1. The molecule has 0 aliphatic rings. The molecule has 0 saturated heterocycles. The Morgan fingerprint density at radius 1 is 1.50 bits per heavy atom. The number of nitrogens with zero attached hydrogens (tertiary/aromatic N) is 1. The second kappa shape index (κ2) is 5.27. The minimum atomic E-state index is -0.439. The van der Waals surface area contributed by atoms with Gasteiger partial charge in [-0.15, -0.1) is 0 Å². The normalized spacial score (nSPS) is 13.8. The predicted octanol–water partition coefficient (Wildman–Crippen LogP) is 0.955. The molecule has 4 heteroatoms. The van der Waals surface area contributed by atoms with Crippen LogP contribution < -0.4 is 11.1 Å². The van der Waals surface area contributed by atoms with Crippen LogP contribution in [0.25, 0.3) is 0 Å². The highest BCUT2D eigenvalue weighted by atomic mass is 16.3. The zero-order chi connectivity index (χ0) is 12.2. The summed E-state index contributed by atoms with van der Waals surface area (Å²) in [5.41, 5.74) is 6.62. The van der Waals surface area contributed by atoms with Gasteiger partial charge in [-0.25, -0.2) is 4.98 Å². The largest absolute Gasteiger partial charge is 0.391 e. The van der Waals surface area contributed by atoms with Gasteiger partial charge in [0.15, 0.2) is 0 Å². The topological polar surface area (TPSA) is 71.2 Å². The summed E-state index contributed by atoms with van der Waals surface area (Å²) in [5.74, 6) is 0.498. The third-order valence-electron chi connectivity index (χ3n) is 2.25. The molecular weight excluding hydrogens is 202 g/mol. The van der Waals surface area contributed by atoms with E-state index in [1.807, 2.05) is 12.1 Å². The van der Waals surface area contributed by atoms with Gasteiger partial charge in [-0.2, -0.15) is 0 Å². The van der Waals surface area contributed by atoms with E-state index in [1.165, 1.54) is 0 Å². The van der Waals surface area contributed by atoms with Crippen LogP contribution >= 0.6 is 0 Å². The fourth-order valence-electron chi connectivity index (χ4n) is 1.37. The van der Waals surface area contributed by atoms with Gasteiger partial charge in [-0.3, -0.25) is 0 Å². The number of nitrogen functional groups attached to an aromatic ring is 1. The molecule has 1 atom stereocenters. The first-order valence-electron chi connectivity index (χ1n) is 5.51. The van der Waals surface area contributed by atoms with Crippen molar-refractivity contribution in [1.82, 2.24) is 10.3 Å². The van der Waals surface area contributed by atoms with Gasteiger partial charge >= 0.3 is 0 Å². The maximum atomic E-state index is 9.84. The zero-order valence-electron chi connectivity index (χ0n) is 10.2. The average Bonchev–Trinajstić information content (AvgIpc) is 2.18. The number of rotatable bonds is 4. The number of hydrogen-bond acceptors (Lipinski definition) is 4. The highest BCUT2D eigenvalue weighted by Crippen LogP contribution is 2.10. The predicted molar refractivity (Wildman–Crippen MR) is 66.1 cm³/mol. The van der Waals surface area contributed by atoms with Crippen molar-refractivity contribution < 1.29 is 5.11 Å². The highest BCUT2D eigenvalue weighted by Gasteiger charge is 2.13. The Hall–Kier alpha value is -1.13. The molecule has 0 spiro atoms. The van der Waals surface area contributed by atoms with E-state index in [1.54, 1.807) is 6.20 Å². The summed E-state index contributed by atoms with van der Waals surface area (Å²) in [4.78, 5) is 3.99. The van der Waals surface area contributed by atoms with Crippen molar-refractivity contribution in [1.29, 1.82) is 0 Å². The minimum absolute atomic E-state index is 0.0153. The quantitative estimate of drug-likeness (QED) is 0.711. The molecule has 0 aliphatic carbocycles. The van der Waals surface area contributed by atoms with Crippen LogP contribution in [-0.4, -0.2) is 28.3 Å². The fourth-order valence-corrected chi connectivity index (χ4v) is 1.37. The molecule has 0 aliphatic heterocycles. The van der Waals surface area contributed by atoms with E-state index in [0.29, 0.717) is 18.8 Å². The van der Waals surface area contributed by atoms with E-state index in [9.17, 15) is 5.11 Å². The number of anilines is 1. The molecular formula is C12H21N3O. The molecule has 0 fully saturated rings. The van der Waals surface area contributed by atoms with Crippen molar-refractivity contribution >= 4 is 5.82 Å². The Kier molecular flexibility index (Phi) is 4.26. The Bertz CT molecular complexity index is 333. The van der Waals surface area contributed by atoms with Crippen LogP contribution in [0.2, 0.25) is 0 Å². The first-order valence-corrected chi connectivity index (χ1v) is 5.51. The Balaban J connectivity index is 2.46. The molecule has 4 nitrogen and oxygen atoms in total. The minimum Gasteiger partial charge on any atom is -0.391 e. The SMILES string of the molecule is CC(C)(C)NCC(O)Cc1cccnc1N. The Labute approximate surface area is 96.9 Å². The molecule has 4 N–H and O–H groups in total. The van der Waals surface area contributed by atoms with Gasteiger partial charge in [-0.1, -0.05) is 6.07 Å². The molecule has 0 amide bonds. The van der Waals surface area contributed by atoms with E-state index < -0.39 is 6.10 Å². The standard InChI is InChI=1S/C12H21N3O/c1-12(2,3)15-8-10(16)7-9-5-4-6-14-11(9)13/h4-6,10,15-16H,7-8H2,1-3H3,(H2,13,14). The van der Waals surface area contributed by atoms with E-state index >= 15 is 0 Å². The molecule has 0 saturated carbocycles.